The molecule has 0 atom stereocenters. The summed E-state index contributed by atoms with van der Waals surface area (Å²) >= 11 is 0. The van der Waals surface area contributed by atoms with E-state index in [1.54, 1.807) is 36.9 Å². The molecule has 8 heteroatoms. The monoisotopic (exact) mass is 395 g/mol. The lowest BCUT2D eigenvalue weighted by molar-refractivity contribution is 0.628. The van der Waals surface area contributed by atoms with Gasteiger partial charge in [0.1, 0.15) is 17.2 Å². The fraction of sp³-hybridized carbons (Fsp3) is 0. The van der Waals surface area contributed by atoms with E-state index in [9.17, 15) is 4.39 Å². The zero-order valence-corrected chi connectivity index (χ0v) is 15.5. The molecule has 0 saturated heterocycles. The van der Waals surface area contributed by atoms with Gasteiger partial charge in [-0.2, -0.15) is 10.2 Å². The smallest absolute Gasteiger partial charge is 0.138 e. The molecule has 0 aliphatic carbocycles. The summed E-state index contributed by atoms with van der Waals surface area (Å²) in [6.45, 7) is 0. The Balaban J connectivity index is 1.52. The number of hydrogen-bond acceptors (Lipinski definition) is 4. The molecular weight excluding hydrogens is 381 g/mol. The van der Waals surface area contributed by atoms with Crippen LogP contribution in [0.2, 0.25) is 0 Å². The van der Waals surface area contributed by atoms with Crippen molar-refractivity contribution in [2.45, 2.75) is 0 Å². The maximum absolute atomic E-state index is 13.3. The van der Waals surface area contributed by atoms with E-state index in [4.69, 9.17) is 0 Å². The van der Waals surface area contributed by atoms with Crippen LogP contribution in [0.3, 0.4) is 0 Å². The molecule has 0 radical (unpaired) electrons. The lowest BCUT2D eigenvalue weighted by Gasteiger charge is -2.02. The minimum atomic E-state index is -0.260. The van der Waals surface area contributed by atoms with Crippen molar-refractivity contribution in [3.8, 4) is 33.8 Å². The second-order valence-electron chi connectivity index (χ2n) is 6.99. The van der Waals surface area contributed by atoms with Crippen LogP contribution in [0.4, 0.5) is 4.39 Å². The largest absolute Gasteiger partial charge is 0.338 e. The number of fused-ring (bicyclic) bond motifs is 2. The van der Waals surface area contributed by atoms with Crippen LogP contribution >= 0.6 is 0 Å². The van der Waals surface area contributed by atoms with Crippen LogP contribution in [0, 0.1) is 5.82 Å². The number of halogens is 1. The quantitative estimate of drug-likeness (QED) is 0.404. The first kappa shape index (κ1) is 16.6. The van der Waals surface area contributed by atoms with Gasteiger partial charge in [-0.3, -0.25) is 15.2 Å². The number of hydrogen-bond donors (Lipinski definition) is 3. The van der Waals surface area contributed by atoms with Crippen LogP contribution in [0.5, 0.6) is 0 Å². The number of aromatic amines is 3. The average Bonchev–Trinajstić information content (AvgIpc) is 3.52. The van der Waals surface area contributed by atoms with Crippen molar-refractivity contribution in [3.05, 3.63) is 73.1 Å². The Morgan fingerprint density at radius 2 is 1.77 bits per heavy atom. The van der Waals surface area contributed by atoms with E-state index in [1.165, 1.54) is 12.1 Å². The Morgan fingerprint density at radius 1 is 0.867 bits per heavy atom. The zero-order valence-electron chi connectivity index (χ0n) is 15.5. The second-order valence-corrected chi connectivity index (χ2v) is 6.99. The lowest BCUT2D eigenvalue weighted by atomic mass is 10.0. The summed E-state index contributed by atoms with van der Waals surface area (Å²) in [4.78, 5) is 12.3. The first-order valence-corrected chi connectivity index (χ1v) is 9.33. The molecule has 6 rings (SSSR count). The Kier molecular flexibility index (Phi) is 3.51. The van der Waals surface area contributed by atoms with E-state index in [0.717, 1.165) is 55.7 Å². The summed E-state index contributed by atoms with van der Waals surface area (Å²) in [5.74, 6) is -0.260. The molecule has 0 amide bonds. The van der Waals surface area contributed by atoms with Crippen molar-refractivity contribution in [1.29, 1.82) is 0 Å². The summed E-state index contributed by atoms with van der Waals surface area (Å²) in [7, 11) is 0. The number of rotatable bonds is 3. The van der Waals surface area contributed by atoms with Crippen molar-refractivity contribution < 1.29 is 4.39 Å². The summed E-state index contributed by atoms with van der Waals surface area (Å²) in [6, 6.07) is 12.4. The standard InChI is InChI=1S/C22H14FN7/c23-14-3-1-12(2-4-14)15-5-6-24-22-16(15)7-19(28-22)21-17-8-18(13-9-26-27-10-13)25-11-20(17)29-30-21/h1-11H,(H,24,28)(H,26,27)(H,29,30). The molecule has 0 spiro atoms. The van der Waals surface area contributed by atoms with Gasteiger partial charge >= 0.3 is 0 Å². The van der Waals surface area contributed by atoms with Gasteiger partial charge in [0.05, 0.1) is 29.3 Å². The number of nitrogens with zero attached hydrogens (tertiary/aromatic N) is 4. The maximum Gasteiger partial charge on any atom is 0.138 e. The van der Waals surface area contributed by atoms with Gasteiger partial charge in [0, 0.05) is 28.7 Å². The molecule has 7 nitrogen and oxygen atoms in total. The number of nitrogens with one attached hydrogen (secondary N) is 3. The number of H-pyrrole nitrogens is 3. The Bertz CT molecular complexity index is 1490. The van der Waals surface area contributed by atoms with Crippen LogP contribution in [-0.2, 0) is 0 Å². The van der Waals surface area contributed by atoms with Gasteiger partial charge in [-0.15, -0.1) is 0 Å². The zero-order chi connectivity index (χ0) is 20.1. The van der Waals surface area contributed by atoms with Crippen molar-refractivity contribution >= 4 is 21.9 Å². The second kappa shape index (κ2) is 6.35. The van der Waals surface area contributed by atoms with E-state index < -0.39 is 0 Å². The molecule has 1 aromatic carbocycles. The SMILES string of the molecule is Fc1ccc(-c2ccnc3[nH]c(-c4n[nH]c5cnc(-c6cn[nH]c6)cc45)cc23)cc1. The fourth-order valence-corrected chi connectivity index (χ4v) is 3.71. The van der Waals surface area contributed by atoms with Crippen LogP contribution in [0.1, 0.15) is 0 Å². The molecule has 0 aliphatic heterocycles. The van der Waals surface area contributed by atoms with E-state index >= 15 is 0 Å². The lowest BCUT2D eigenvalue weighted by Crippen LogP contribution is -1.83. The molecule has 5 heterocycles. The van der Waals surface area contributed by atoms with Crippen molar-refractivity contribution in [3.63, 3.8) is 0 Å². The highest BCUT2D eigenvalue weighted by molar-refractivity contribution is 6.00. The van der Waals surface area contributed by atoms with Crippen LogP contribution < -0.4 is 0 Å². The molecule has 0 unspecified atom stereocenters. The van der Waals surface area contributed by atoms with Gasteiger partial charge in [0.2, 0.25) is 0 Å². The first-order chi connectivity index (χ1) is 14.8. The molecule has 0 bridgehead atoms. The van der Waals surface area contributed by atoms with Crippen molar-refractivity contribution in [2.75, 3.05) is 0 Å². The molecule has 30 heavy (non-hydrogen) atoms. The molecular formula is C22H14FN7. The fourth-order valence-electron chi connectivity index (χ4n) is 3.71. The third-order valence-electron chi connectivity index (χ3n) is 5.18. The van der Waals surface area contributed by atoms with Crippen molar-refractivity contribution in [1.82, 2.24) is 35.3 Å². The highest BCUT2D eigenvalue weighted by Crippen LogP contribution is 2.33. The van der Waals surface area contributed by atoms with E-state index in [0.29, 0.717) is 0 Å². The van der Waals surface area contributed by atoms with Gasteiger partial charge in [-0.25, -0.2) is 9.37 Å². The number of benzene rings is 1. The van der Waals surface area contributed by atoms with Gasteiger partial charge < -0.3 is 4.98 Å². The summed E-state index contributed by atoms with van der Waals surface area (Å²) < 4.78 is 13.3. The Hall–Kier alpha value is -4.33. The van der Waals surface area contributed by atoms with Crippen LogP contribution in [0.25, 0.3) is 55.7 Å². The third-order valence-corrected chi connectivity index (χ3v) is 5.18. The minimum absolute atomic E-state index is 0.260. The summed E-state index contributed by atoms with van der Waals surface area (Å²) in [5, 5.41) is 16.2. The predicted molar refractivity (Wildman–Crippen MR) is 112 cm³/mol. The highest BCUT2D eigenvalue weighted by atomic mass is 19.1. The van der Waals surface area contributed by atoms with Gasteiger partial charge in [0.25, 0.3) is 0 Å². The van der Waals surface area contributed by atoms with Crippen molar-refractivity contribution in [2.24, 2.45) is 0 Å². The summed E-state index contributed by atoms with van der Waals surface area (Å²) in [5.41, 5.74) is 6.80. The van der Waals surface area contributed by atoms with E-state index in [2.05, 4.69) is 35.3 Å². The third kappa shape index (κ3) is 2.58. The highest BCUT2D eigenvalue weighted by Gasteiger charge is 2.15. The molecule has 3 N–H and O–H groups in total. The number of aromatic nitrogens is 7. The van der Waals surface area contributed by atoms with E-state index in [-0.39, 0.29) is 5.82 Å². The molecule has 0 saturated carbocycles. The van der Waals surface area contributed by atoms with Crippen LogP contribution in [0.15, 0.2) is 67.3 Å². The summed E-state index contributed by atoms with van der Waals surface area (Å²) in [6.07, 6.45) is 7.04. The normalized spacial score (nSPS) is 11.5. The van der Waals surface area contributed by atoms with Gasteiger partial charge in [0.15, 0.2) is 0 Å². The van der Waals surface area contributed by atoms with Crippen LogP contribution in [-0.4, -0.2) is 35.3 Å². The predicted octanol–water partition coefficient (Wildman–Crippen LogP) is 4.70. The number of pyridine rings is 2. The molecule has 144 valence electrons. The Labute approximate surface area is 169 Å². The van der Waals surface area contributed by atoms with E-state index in [1.807, 2.05) is 18.2 Å². The average molecular weight is 395 g/mol. The Morgan fingerprint density at radius 3 is 2.60 bits per heavy atom. The minimum Gasteiger partial charge on any atom is -0.338 e. The molecule has 5 aromatic heterocycles. The maximum atomic E-state index is 13.3. The first-order valence-electron chi connectivity index (χ1n) is 9.33. The molecule has 6 aromatic rings. The van der Waals surface area contributed by atoms with Gasteiger partial charge in [-0.1, -0.05) is 12.1 Å². The molecule has 0 aliphatic rings. The van der Waals surface area contributed by atoms with Gasteiger partial charge in [-0.05, 0) is 41.5 Å². The topological polar surface area (TPSA) is 98.9 Å². The molecule has 0 fully saturated rings.